The summed E-state index contributed by atoms with van der Waals surface area (Å²) in [5.41, 5.74) is 3.10. The third-order valence-corrected chi connectivity index (χ3v) is 8.51. The molecule has 3 N–H and O–H groups in total. The molecule has 4 rings (SSSR count). The molecule has 1 aromatic heterocycles. The van der Waals surface area contributed by atoms with Crippen LogP contribution in [0.2, 0.25) is 0 Å². The van der Waals surface area contributed by atoms with Crippen molar-refractivity contribution in [3.63, 3.8) is 0 Å². The zero-order valence-corrected chi connectivity index (χ0v) is 25.9. The first-order chi connectivity index (χ1) is 20.6. The molecule has 1 unspecified atom stereocenters. The standard InChI is InChI=1S/C31H40F5N5O2S/c1-4-31(14-16-42,40-27-12-10-24(11-13-27)20-44(32,33,34,35)36)21-38-30-26(8-6-15-37-30)17-25-7-5-9-28(29(18-25)43-3)41-19-23(2)39-22-41/h5,7,10-13,17-19,22,40,42H,4,6,8-9,14-16,20-21H2,1-3H3,(H,37,38)/b26-17+. The van der Waals surface area contributed by atoms with E-state index in [0.717, 1.165) is 59.1 Å². The summed E-state index contributed by atoms with van der Waals surface area (Å²) in [6, 6.07) is 4.81. The van der Waals surface area contributed by atoms with Gasteiger partial charge in [0.05, 0.1) is 30.4 Å². The Labute approximate surface area is 255 Å². The van der Waals surface area contributed by atoms with E-state index >= 15 is 0 Å². The Morgan fingerprint density at radius 1 is 1.16 bits per heavy atom. The SMILES string of the molecule is CCC(CCO)(CNC1=NCCC/C1=C\C1=CC(OC)=C(n2cnc(C)c2)CC=C1)Nc1ccc(CS(F)(F)(F)(F)F)cc1. The smallest absolute Gasteiger partial charge is 0.289 e. The molecule has 0 spiro atoms. The lowest BCUT2D eigenvalue weighted by Gasteiger charge is -2.40. The van der Waals surface area contributed by atoms with Gasteiger partial charge >= 0.3 is 0 Å². The molecule has 7 nitrogen and oxygen atoms in total. The number of methoxy groups -OCH3 is 1. The highest BCUT2D eigenvalue weighted by Crippen LogP contribution is 2.99. The molecule has 0 amide bonds. The number of hydrogen-bond acceptors (Lipinski definition) is 6. The number of rotatable bonds is 12. The lowest BCUT2D eigenvalue weighted by atomic mass is 9.91. The summed E-state index contributed by atoms with van der Waals surface area (Å²) >= 11 is 0. The summed E-state index contributed by atoms with van der Waals surface area (Å²) in [5.74, 6) is -0.790. The van der Waals surface area contributed by atoms with E-state index in [0.29, 0.717) is 38.0 Å². The third-order valence-electron chi connectivity index (χ3n) is 7.63. The van der Waals surface area contributed by atoms with Crippen LogP contribution in [0.3, 0.4) is 0 Å². The fourth-order valence-electron chi connectivity index (χ4n) is 5.31. The molecule has 0 bridgehead atoms. The summed E-state index contributed by atoms with van der Waals surface area (Å²) in [4.78, 5) is 9.06. The van der Waals surface area contributed by atoms with E-state index in [1.807, 2.05) is 36.8 Å². The number of imidazole rings is 1. The second kappa shape index (κ2) is 12.4. The monoisotopic (exact) mass is 641 g/mol. The predicted molar refractivity (Wildman–Crippen MR) is 168 cm³/mol. The van der Waals surface area contributed by atoms with Crippen molar-refractivity contribution >= 4 is 27.4 Å². The van der Waals surface area contributed by atoms with E-state index in [1.54, 1.807) is 13.4 Å². The second-order valence-corrected chi connectivity index (χ2v) is 13.8. The van der Waals surface area contributed by atoms with Crippen molar-refractivity contribution in [2.45, 2.75) is 57.2 Å². The highest BCUT2D eigenvalue weighted by atomic mass is 32.5. The average Bonchev–Trinajstić information content (AvgIpc) is 3.28. The number of amidine groups is 1. The molecule has 0 fully saturated rings. The molecule has 242 valence electrons. The van der Waals surface area contributed by atoms with Gasteiger partial charge in [-0.05, 0) is 73.6 Å². The minimum Gasteiger partial charge on any atom is -0.495 e. The minimum atomic E-state index is -9.57. The van der Waals surface area contributed by atoms with Crippen molar-refractivity contribution in [1.82, 2.24) is 14.9 Å². The van der Waals surface area contributed by atoms with Gasteiger partial charge in [0, 0.05) is 38.0 Å². The number of anilines is 1. The summed E-state index contributed by atoms with van der Waals surface area (Å²) in [5, 5.41) is 16.6. The van der Waals surface area contributed by atoms with Gasteiger partial charge in [-0.15, -0.1) is 0 Å². The number of aromatic nitrogens is 2. The zero-order chi connectivity index (χ0) is 32.1. The highest BCUT2D eigenvalue weighted by molar-refractivity contribution is 8.45. The van der Waals surface area contributed by atoms with Gasteiger partial charge in [-0.2, -0.15) is 0 Å². The van der Waals surface area contributed by atoms with Crippen LogP contribution in [0.5, 0.6) is 0 Å². The van der Waals surface area contributed by atoms with Crippen LogP contribution in [-0.2, 0) is 10.5 Å². The summed E-state index contributed by atoms with van der Waals surface area (Å²) < 4.78 is 72.4. The highest BCUT2D eigenvalue weighted by Gasteiger charge is 2.63. The number of nitrogens with one attached hydrogen (secondary N) is 2. The maximum Gasteiger partial charge on any atom is 0.289 e. The van der Waals surface area contributed by atoms with Gasteiger partial charge in [0.25, 0.3) is 10.2 Å². The maximum atomic E-state index is 12.9. The van der Waals surface area contributed by atoms with Crippen molar-refractivity contribution < 1.29 is 29.3 Å². The number of benzene rings is 1. The molecule has 2 heterocycles. The number of ether oxygens (including phenoxy) is 1. The Morgan fingerprint density at radius 2 is 1.91 bits per heavy atom. The number of allylic oxidation sites excluding steroid dienone is 6. The fraction of sp³-hybridized carbons (Fsp3) is 0.419. The molecule has 0 saturated heterocycles. The molecule has 1 aliphatic carbocycles. The Morgan fingerprint density at radius 3 is 2.52 bits per heavy atom. The van der Waals surface area contributed by atoms with Crippen molar-refractivity contribution in [3.8, 4) is 0 Å². The lowest BCUT2D eigenvalue weighted by molar-refractivity contribution is 0.244. The molecular formula is C31H40F5N5O2S. The number of halogens is 5. The number of nitrogens with zero attached hydrogens (tertiary/aromatic N) is 3. The quantitative estimate of drug-likeness (QED) is 0.204. The van der Waals surface area contributed by atoms with Crippen molar-refractivity contribution in [2.24, 2.45) is 4.99 Å². The van der Waals surface area contributed by atoms with Crippen LogP contribution in [0.25, 0.3) is 5.70 Å². The van der Waals surface area contributed by atoms with E-state index in [1.165, 1.54) is 12.1 Å². The Kier molecular flexibility index (Phi) is 9.41. The summed E-state index contributed by atoms with van der Waals surface area (Å²) in [7, 11) is -7.94. The summed E-state index contributed by atoms with van der Waals surface area (Å²) in [6.45, 7) is 4.74. The first-order valence-corrected chi connectivity index (χ1v) is 16.6. The van der Waals surface area contributed by atoms with Crippen LogP contribution in [0.1, 0.15) is 50.3 Å². The number of aliphatic hydroxyl groups excluding tert-OH is 1. The van der Waals surface area contributed by atoms with Gasteiger partial charge in [0.1, 0.15) is 17.3 Å². The van der Waals surface area contributed by atoms with Crippen LogP contribution in [0.4, 0.5) is 25.1 Å². The molecule has 44 heavy (non-hydrogen) atoms. The Balaban J connectivity index is 1.52. The van der Waals surface area contributed by atoms with Gasteiger partial charge in [-0.3, -0.25) is 4.99 Å². The molecule has 1 aromatic carbocycles. The van der Waals surface area contributed by atoms with Crippen LogP contribution in [-0.4, -0.2) is 52.8 Å². The molecule has 1 aliphatic heterocycles. The maximum absolute atomic E-state index is 12.9. The topological polar surface area (TPSA) is 83.7 Å². The Bertz CT molecular complexity index is 1500. The third kappa shape index (κ3) is 9.46. The first-order valence-electron chi connectivity index (χ1n) is 14.5. The molecule has 2 aromatic rings. The first kappa shape index (κ1) is 33.3. The van der Waals surface area contributed by atoms with Crippen molar-refractivity contribution in [3.05, 3.63) is 89.3 Å². The lowest BCUT2D eigenvalue weighted by Crippen LogP contribution is -2.49. The Hall–Kier alpha value is -3.58. The molecular weight excluding hydrogens is 601 g/mol. The van der Waals surface area contributed by atoms with Gasteiger partial charge in [-0.1, -0.05) is 50.6 Å². The molecule has 1 atom stereocenters. The van der Waals surface area contributed by atoms with Crippen molar-refractivity contribution in [1.29, 1.82) is 0 Å². The fourth-order valence-corrected chi connectivity index (χ4v) is 6.13. The zero-order valence-electron chi connectivity index (χ0n) is 25.1. The average molecular weight is 642 g/mol. The molecule has 0 radical (unpaired) electrons. The predicted octanol–water partition coefficient (Wildman–Crippen LogP) is 8.04. The van der Waals surface area contributed by atoms with E-state index in [4.69, 9.17) is 9.73 Å². The second-order valence-electron chi connectivity index (χ2n) is 11.2. The van der Waals surface area contributed by atoms with Gasteiger partial charge in [0.2, 0.25) is 0 Å². The summed E-state index contributed by atoms with van der Waals surface area (Å²) in [6.07, 6.45) is 15.1. The van der Waals surface area contributed by atoms with Crippen LogP contribution < -0.4 is 10.6 Å². The molecule has 0 saturated carbocycles. The van der Waals surface area contributed by atoms with Gasteiger partial charge < -0.3 is 25.0 Å². The molecule has 13 heteroatoms. The van der Waals surface area contributed by atoms with Crippen LogP contribution >= 0.6 is 10.2 Å². The minimum absolute atomic E-state index is 0.136. The normalized spacial score (nSPS) is 19.8. The van der Waals surface area contributed by atoms with E-state index in [-0.39, 0.29) is 6.61 Å². The number of hydrogen-bond donors (Lipinski definition) is 3. The largest absolute Gasteiger partial charge is 0.495 e. The molecule has 2 aliphatic rings. The van der Waals surface area contributed by atoms with E-state index in [2.05, 4.69) is 27.8 Å². The van der Waals surface area contributed by atoms with Crippen LogP contribution in [0.15, 0.2) is 83.0 Å². The van der Waals surface area contributed by atoms with Gasteiger partial charge in [-0.25, -0.2) is 4.98 Å². The number of aryl methyl sites for hydroxylation is 1. The van der Waals surface area contributed by atoms with E-state index < -0.39 is 27.1 Å². The number of aliphatic hydroxyl groups is 1. The van der Waals surface area contributed by atoms with Crippen molar-refractivity contribution in [2.75, 3.05) is 32.1 Å². The van der Waals surface area contributed by atoms with E-state index in [9.17, 15) is 24.5 Å². The van der Waals surface area contributed by atoms with Gasteiger partial charge in [0.15, 0.2) is 0 Å². The number of aliphatic imine (C=N–C) groups is 1. The van der Waals surface area contributed by atoms with Crippen LogP contribution in [0, 0.1) is 6.92 Å².